The Morgan fingerprint density at radius 1 is 1.58 bits per heavy atom. The molecule has 0 radical (unpaired) electrons. The van der Waals surface area contributed by atoms with Crippen molar-refractivity contribution in [2.24, 2.45) is 5.92 Å². The average Bonchev–Trinajstić information content (AvgIpc) is 1.94. The van der Waals surface area contributed by atoms with Gasteiger partial charge in [0.2, 0.25) is 0 Å². The molecule has 12 heavy (non-hydrogen) atoms. The van der Waals surface area contributed by atoms with E-state index in [4.69, 9.17) is 0 Å². The molecule has 70 valence electrons. The van der Waals surface area contributed by atoms with Crippen LogP contribution in [-0.4, -0.2) is 29.8 Å². The lowest BCUT2D eigenvalue weighted by atomic mass is 10.0. The average molecular weight is 169 g/mol. The molecule has 0 saturated carbocycles. The van der Waals surface area contributed by atoms with Gasteiger partial charge in [0, 0.05) is 32.0 Å². The topological polar surface area (TPSA) is 20.3 Å². The lowest BCUT2D eigenvalue weighted by Crippen LogP contribution is -2.42. The Kier molecular flexibility index (Phi) is 3.27. The summed E-state index contributed by atoms with van der Waals surface area (Å²) in [6, 6.07) is 0.466. The zero-order valence-electron chi connectivity index (χ0n) is 8.34. The van der Waals surface area contributed by atoms with Gasteiger partial charge in [-0.3, -0.25) is 9.69 Å². The number of nitrogens with zero attached hydrogens (tertiary/aromatic N) is 1. The van der Waals surface area contributed by atoms with Crippen LogP contribution in [-0.2, 0) is 4.79 Å². The minimum absolute atomic E-state index is 0.433. The molecule has 0 N–H and O–H groups in total. The number of rotatable bonds is 2. The Hall–Kier alpha value is -0.370. The molecule has 1 heterocycles. The number of ketones is 1. The van der Waals surface area contributed by atoms with E-state index in [1.165, 1.54) is 0 Å². The van der Waals surface area contributed by atoms with E-state index in [0.29, 0.717) is 17.7 Å². The lowest BCUT2D eigenvalue weighted by molar-refractivity contribution is -0.123. The fourth-order valence-electron chi connectivity index (χ4n) is 1.79. The van der Waals surface area contributed by atoms with Gasteiger partial charge in [0.05, 0.1) is 0 Å². The third-order valence-corrected chi connectivity index (χ3v) is 2.42. The summed E-state index contributed by atoms with van der Waals surface area (Å²) in [7, 11) is 0. The Bertz CT molecular complexity index is 165. The van der Waals surface area contributed by atoms with E-state index in [1.807, 2.05) is 0 Å². The number of piperidine rings is 1. The van der Waals surface area contributed by atoms with Crippen molar-refractivity contribution in [1.82, 2.24) is 4.90 Å². The summed E-state index contributed by atoms with van der Waals surface area (Å²) in [6.45, 7) is 8.71. The third-order valence-electron chi connectivity index (χ3n) is 2.42. The predicted molar refractivity (Wildman–Crippen MR) is 50.1 cm³/mol. The van der Waals surface area contributed by atoms with Crippen LogP contribution in [0.15, 0.2) is 0 Å². The highest BCUT2D eigenvalue weighted by molar-refractivity contribution is 5.79. The van der Waals surface area contributed by atoms with Gasteiger partial charge >= 0.3 is 0 Å². The van der Waals surface area contributed by atoms with Gasteiger partial charge in [-0.25, -0.2) is 0 Å². The van der Waals surface area contributed by atoms with Crippen LogP contribution >= 0.6 is 0 Å². The van der Waals surface area contributed by atoms with Crippen LogP contribution < -0.4 is 0 Å². The van der Waals surface area contributed by atoms with Gasteiger partial charge in [-0.1, -0.05) is 13.8 Å². The van der Waals surface area contributed by atoms with Crippen molar-refractivity contribution in [2.45, 2.75) is 39.7 Å². The monoisotopic (exact) mass is 169 g/mol. The van der Waals surface area contributed by atoms with E-state index in [1.54, 1.807) is 0 Å². The number of carbonyl (C=O) groups is 1. The van der Waals surface area contributed by atoms with Gasteiger partial charge in [-0.15, -0.1) is 0 Å². The standard InChI is InChI=1S/C10H19NO/c1-8(2)7-11-5-4-10(12)6-9(11)3/h8-9H,4-7H2,1-3H3. The van der Waals surface area contributed by atoms with Gasteiger partial charge < -0.3 is 0 Å². The van der Waals surface area contributed by atoms with Gasteiger partial charge in [-0.2, -0.15) is 0 Å². The molecule has 2 nitrogen and oxygen atoms in total. The minimum atomic E-state index is 0.433. The first-order valence-electron chi connectivity index (χ1n) is 4.85. The Labute approximate surface area is 74.9 Å². The van der Waals surface area contributed by atoms with Gasteiger partial charge in [0.15, 0.2) is 0 Å². The molecule has 1 aliphatic heterocycles. The minimum Gasteiger partial charge on any atom is -0.300 e. The maximum absolute atomic E-state index is 11.1. The maximum Gasteiger partial charge on any atom is 0.135 e. The summed E-state index contributed by atoms with van der Waals surface area (Å²) in [4.78, 5) is 13.5. The molecule has 2 heteroatoms. The van der Waals surface area contributed by atoms with Crippen molar-refractivity contribution >= 4 is 5.78 Å². The molecule has 0 aromatic carbocycles. The largest absolute Gasteiger partial charge is 0.300 e. The van der Waals surface area contributed by atoms with Gasteiger partial charge in [-0.05, 0) is 12.8 Å². The van der Waals surface area contributed by atoms with E-state index in [9.17, 15) is 4.79 Å². The second-order valence-corrected chi connectivity index (χ2v) is 4.23. The first-order valence-corrected chi connectivity index (χ1v) is 4.85. The molecule has 0 aromatic rings. The summed E-state index contributed by atoms with van der Waals surface area (Å²) in [5.41, 5.74) is 0. The predicted octanol–water partition coefficient (Wildman–Crippen LogP) is 1.70. The summed E-state index contributed by atoms with van der Waals surface area (Å²) in [5, 5.41) is 0. The fourth-order valence-corrected chi connectivity index (χ4v) is 1.79. The van der Waals surface area contributed by atoms with Crippen molar-refractivity contribution in [3.05, 3.63) is 0 Å². The molecular formula is C10H19NO. The number of likely N-dealkylation sites (tertiary alicyclic amines) is 1. The second-order valence-electron chi connectivity index (χ2n) is 4.23. The first-order chi connectivity index (χ1) is 5.59. The summed E-state index contributed by atoms with van der Waals surface area (Å²) in [6.07, 6.45) is 1.52. The van der Waals surface area contributed by atoms with Crippen LogP contribution in [0.1, 0.15) is 33.6 Å². The summed E-state index contributed by atoms with van der Waals surface area (Å²) in [5.74, 6) is 1.14. The number of carbonyl (C=O) groups excluding carboxylic acids is 1. The van der Waals surface area contributed by atoms with E-state index < -0.39 is 0 Å². The number of hydrogen-bond donors (Lipinski definition) is 0. The number of Topliss-reactive ketones (excluding diaryl/α,β-unsaturated/α-hetero) is 1. The molecule has 1 fully saturated rings. The van der Waals surface area contributed by atoms with E-state index in [2.05, 4.69) is 25.7 Å². The molecule has 1 aliphatic rings. The van der Waals surface area contributed by atoms with Crippen LogP contribution in [0.25, 0.3) is 0 Å². The van der Waals surface area contributed by atoms with Crippen LogP contribution in [0.3, 0.4) is 0 Å². The van der Waals surface area contributed by atoms with Crippen molar-refractivity contribution in [3.63, 3.8) is 0 Å². The van der Waals surface area contributed by atoms with Crippen LogP contribution in [0, 0.1) is 5.92 Å². The fraction of sp³-hybridized carbons (Fsp3) is 0.900. The Morgan fingerprint density at radius 3 is 2.75 bits per heavy atom. The zero-order chi connectivity index (χ0) is 9.14. The summed E-state index contributed by atoms with van der Waals surface area (Å²) >= 11 is 0. The SMILES string of the molecule is CC(C)CN1CCC(=O)CC1C. The van der Waals surface area contributed by atoms with Crippen molar-refractivity contribution < 1.29 is 4.79 Å². The molecule has 1 atom stereocenters. The Morgan fingerprint density at radius 2 is 2.25 bits per heavy atom. The molecule has 0 bridgehead atoms. The normalized spacial score (nSPS) is 26.7. The smallest absolute Gasteiger partial charge is 0.135 e. The molecule has 0 spiro atoms. The van der Waals surface area contributed by atoms with Gasteiger partial charge in [0.1, 0.15) is 5.78 Å². The highest BCUT2D eigenvalue weighted by atomic mass is 16.1. The first kappa shape index (κ1) is 9.72. The molecule has 0 aliphatic carbocycles. The van der Waals surface area contributed by atoms with Crippen LogP contribution in [0.4, 0.5) is 0 Å². The summed E-state index contributed by atoms with van der Waals surface area (Å²) < 4.78 is 0. The van der Waals surface area contributed by atoms with E-state index >= 15 is 0 Å². The molecule has 1 unspecified atom stereocenters. The van der Waals surface area contributed by atoms with E-state index in [0.717, 1.165) is 25.9 Å². The molecule has 0 aromatic heterocycles. The third kappa shape index (κ3) is 2.59. The van der Waals surface area contributed by atoms with Crippen molar-refractivity contribution in [2.75, 3.05) is 13.1 Å². The highest BCUT2D eigenvalue weighted by Gasteiger charge is 2.23. The van der Waals surface area contributed by atoms with Crippen molar-refractivity contribution in [1.29, 1.82) is 0 Å². The number of hydrogen-bond acceptors (Lipinski definition) is 2. The zero-order valence-corrected chi connectivity index (χ0v) is 8.34. The van der Waals surface area contributed by atoms with Crippen molar-refractivity contribution in [3.8, 4) is 0 Å². The van der Waals surface area contributed by atoms with Gasteiger partial charge in [0.25, 0.3) is 0 Å². The van der Waals surface area contributed by atoms with Crippen LogP contribution in [0.5, 0.6) is 0 Å². The highest BCUT2D eigenvalue weighted by Crippen LogP contribution is 2.14. The van der Waals surface area contributed by atoms with E-state index in [-0.39, 0.29) is 0 Å². The maximum atomic E-state index is 11.1. The Balaban J connectivity index is 2.39. The molecule has 1 saturated heterocycles. The van der Waals surface area contributed by atoms with Crippen LogP contribution in [0.2, 0.25) is 0 Å². The second kappa shape index (κ2) is 4.04. The molecule has 0 amide bonds. The lowest BCUT2D eigenvalue weighted by Gasteiger charge is -2.33. The quantitative estimate of drug-likeness (QED) is 0.627. The molecule has 1 rings (SSSR count). The molecular weight excluding hydrogens is 150 g/mol.